The minimum atomic E-state index is -0.0780. The summed E-state index contributed by atoms with van der Waals surface area (Å²) >= 11 is 0. The lowest BCUT2D eigenvalue weighted by Gasteiger charge is -2.22. The van der Waals surface area contributed by atoms with Crippen molar-refractivity contribution < 1.29 is 5.11 Å². The number of anilines is 1. The van der Waals surface area contributed by atoms with Gasteiger partial charge in [0.1, 0.15) is 5.75 Å². The van der Waals surface area contributed by atoms with E-state index in [1.165, 1.54) is 0 Å². The summed E-state index contributed by atoms with van der Waals surface area (Å²) in [6.45, 7) is 8.10. The molecule has 0 saturated carbocycles. The molecule has 0 radical (unpaired) electrons. The van der Waals surface area contributed by atoms with Crippen molar-refractivity contribution in [2.45, 2.75) is 33.2 Å². The third-order valence-electron chi connectivity index (χ3n) is 2.98. The molecular formula is C13H23ClN2O. The van der Waals surface area contributed by atoms with E-state index in [0.717, 1.165) is 30.8 Å². The van der Waals surface area contributed by atoms with Crippen LogP contribution in [0.1, 0.15) is 38.8 Å². The molecule has 0 aliphatic carbocycles. The summed E-state index contributed by atoms with van der Waals surface area (Å²) in [5.74, 6) is 0.304. The minimum absolute atomic E-state index is 0. The van der Waals surface area contributed by atoms with E-state index in [1.807, 2.05) is 19.1 Å². The third kappa shape index (κ3) is 3.79. The molecule has 1 atom stereocenters. The molecule has 0 amide bonds. The number of hydrogen-bond acceptors (Lipinski definition) is 3. The van der Waals surface area contributed by atoms with E-state index < -0.39 is 0 Å². The normalized spacial score (nSPS) is 11.8. The Hall–Kier alpha value is -0.930. The van der Waals surface area contributed by atoms with Crippen molar-refractivity contribution in [3.63, 3.8) is 0 Å². The maximum absolute atomic E-state index is 9.93. The van der Waals surface area contributed by atoms with Gasteiger partial charge in [0.15, 0.2) is 0 Å². The van der Waals surface area contributed by atoms with Gasteiger partial charge in [-0.1, -0.05) is 13.0 Å². The molecule has 0 unspecified atom stereocenters. The predicted octanol–water partition coefficient (Wildman–Crippen LogP) is 3.07. The fraction of sp³-hybridized carbons (Fsp3) is 0.538. The predicted molar refractivity (Wildman–Crippen MR) is 76.1 cm³/mol. The van der Waals surface area contributed by atoms with Crippen LogP contribution in [0.4, 0.5) is 5.69 Å². The summed E-state index contributed by atoms with van der Waals surface area (Å²) in [4.78, 5) is 2.20. The van der Waals surface area contributed by atoms with Crippen LogP contribution in [0.5, 0.6) is 5.75 Å². The lowest BCUT2D eigenvalue weighted by Crippen LogP contribution is -2.21. The van der Waals surface area contributed by atoms with Crippen molar-refractivity contribution >= 4 is 18.1 Å². The van der Waals surface area contributed by atoms with Crippen LogP contribution < -0.4 is 10.6 Å². The molecule has 17 heavy (non-hydrogen) atoms. The second-order valence-electron chi connectivity index (χ2n) is 3.93. The molecule has 0 heterocycles. The zero-order chi connectivity index (χ0) is 12.1. The number of nitrogens with zero attached hydrogens (tertiary/aromatic N) is 1. The van der Waals surface area contributed by atoms with Crippen molar-refractivity contribution in [2.75, 3.05) is 18.0 Å². The van der Waals surface area contributed by atoms with Crippen molar-refractivity contribution in [1.29, 1.82) is 0 Å². The molecule has 1 aromatic carbocycles. The molecule has 4 heteroatoms. The van der Waals surface area contributed by atoms with Crippen LogP contribution in [0.15, 0.2) is 18.2 Å². The van der Waals surface area contributed by atoms with Crippen LogP contribution in [-0.4, -0.2) is 18.2 Å². The first-order valence-electron chi connectivity index (χ1n) is 5.97. The van der Waals surface area contributed by atoms with Crippen LogP contribution in [-0.2, 0) is 0 Å². The van der Waals surface area contributed by atoms with Crippen molar-refractivity contribution in [3.8, 4) is 5.75 Å². The van der Waals surface area contributed by atoms with E-state index in [2.05, 4.69) is 18.7 Å². The summed E-state index contributed by atoms with van der Waals surface area (Å²) in [5.41, 5.74) is 7.80. The zero-order valence-electron chi connectivity index (χ0n) is 10.8. The average molecular weight is 259 g/mol. The number of benzene rings is 1. The van der Waals surface area contributed by atoms with E-state index in [0.29, 0.717) is 5.75 Å². The van der Waals surface area contributed by atoms with Gasteiger partial charge in [-0.2, -0.15) is 0 Å². The Bertz CT molecular complexity index is 340. The van der Waals surface area contributed by atoms with Crippen LogP contribution in [0.2, 0.25) is 0 Å². The fourth-order valence-corrected chi connectivity index (χ4v) is 1.85. The van der Waals surface area contributed by atoms with Gasteiger partial charge in [0.05, 0.1) is 0 Å². The highest BCUT2D eigenvalue weighted by molar-refractivity contribution is 5.85. The molecule has 0 bridgehead atoms. The van der Waals surface area contributed by atoms with E-state index in [-0.39, 0.29) is 18.4 Å². The highest BCUT2D eigenvalue weighted by Crippen LogP contribution is 2.29. The Morgan fingerprint density at radius 2 is 1.82 bits per heavy atom. The van der Waals surface area contributed by atoms with Crippen molar-refractivity contribution in [2.24, 2.45) is 5.73 Å². The second kappa shape index (κ2) is 7.41. The van der Waals surface area contributed by atoms with Crippen LogP contribution in [0.3, 0.4) is 0 Å². The smallest absolute Gasteiger partial charge is 0.122 e. The van der Waals surface area contributed by atoms with Crippen LogP contribution in [0.25, 0.3) is 0 Å². The average Bonchev–Trinajstić information content (AvgIpc) is 2.30. The first-order chi connectivity index (χ1) is 7.63. The molecule has 0 saturated heterocycles. The van der Waals surface area contributed by atoms with Gasteiger partial charge < -0.3 is 15.7 Å². The first kappa shape index (κ1) is 16.1. The van der Waals surface area contributed by atoms with Gasteiger partial charge in [-0.05, 0) is 26.3 Å². The number of nitrogens with two attached hydrogens (primary N) is 1. The Morgan fingerprint density at radius 1 is 1.24 bits per heavy atom. The van der Waals surface area contributed by atoms with Gasteiger partial charge in [-0.25, -0.2) is 0 Å². The molecule has 3 nitrogen and oxygen atoms in total. The maximum atomic E-state index is 9.93. The molecule has 0 aromatic heterocycles. The van der Waals surface area contributed by atoms with E-state index >= 15 is 0 Å². The minimum Gasteiger partial charge on any atom is -0.508 e. The molecule has 3 N–H and O–H groups in total. The van der Waals surface area contributed by atoms with Gasteiger partial charge >= 0.3 is 0 Å². The summed E-state index contributed by atoms with van der Waals surface area (Å²) in [5, 5.41) is 9.93. The number of rotatable bonds is 5. The van der Waals surface area contributed by atoms with Gasteiger partial charge in [0.25, 0.3) is 0 Å². The van der Waals surface area contributed by atoms with Crippen LogP contribution >= 0.6 is 12.4 Å². The number of halogens is 1. The molecular weight excluding hydrogens is 236 g/mol. The molecule has 1 rings (SSSR count). The highest BCUT2D eigenvalue weighted by Gasteiger charge is 2.11. The van der Waals surface area contributed by atoms with E-state index in [4.69, 9.17) is 5.73 Å². The molecule has 98 valence electrons. The van der Waals surface area contributed by atoms with E-state index in [1.54, 1.807) is 6.07 Å². The quantitative estimate of drug-likeness (QED) is 0.853. The summed E-state index contributed by atoms with van der Waals surface area (Å²) in [6.07, 6.45) is 0.832. The van der Waals surface area contributed by atoms with Gasteiger partial charge in [-0.15, -0.1) is 12.4 Å². The Morgan fingerprint density at radius 3 is 2.24 bits per heavy atom. The number of aromatic hydroxyl groups is 1. The van der Waals surface area contributed by atoms with Gasteiger partial charge in [0.2, 0.25) is 0 Å². The standard InChI is InChI=1S/C13H22N2O.ClH/c1-4-12(14)11-8-7-10(9-13(11)16)15(5-2)6-3;/h7-9,12,16H,4-6,14H2,1-3H3;1H/t12-;/m1./s1. The lowest BCUT2D eigenvalue weighted by molar-refractivity contribution is 0.460. The van der Waals surface area contributed by atoms with Crippen LogP contribution in [0, 0.1) is 0 Å². The van der Waals surface area contributed by atoms with E-state index in [9.17, 15) is 5.11 Å². The van der Waals surface area contributed by atoms with Gasteiger partial charge in [0, 0.05) is 36.4 Å². The molecule has 0 aliphatic heterocycles. The summed E-state index contributed by atoms with van der Waals surface area (Å²) < 4.78 is 0. The van der Waals surface area contributed by atoms with Crippen molar-refractivity contribution in [1.82, 2.24) is 0 Å². The SMILES string of the molecule is CC[C@@H](N)c1ccc(N(CC)CC)cc1O.Cl. The Kier molecular flexibility index (Phi) is 7.00. The van der Waals surface area contributed by atoms with Gasteiger partial charge in [-0.3, -0.25) is 0 Å². The summed E-state index contributed by atoms with van der Waals surface area (Å²) in [7, 11) is 0. The topological polar surface area (TPSA) is 49.5 Å². The number of phenols is 1. The first-order valence-corrected chi connectivity index (χ1v) is 5.97. The Balaban J connectivity index is 0.00000256. The zero-order valence-corrected chi connectivity index (χ0v) is 11.6. The number of hydrogen-bond donors (Lipinski definition) is 2. The highest BCUT2D eigenvalue weighted by atomic mass is 35.5. The molecule has 1 aromatic rings. The monoisotopic (exact) mass is 258 g/mol. The Labute approximate surface area is 110 Å². The molecule has 0 spiro atoms. The number of phenolic OH excluding ortho intramolecular Hbond substituents is 1. The molecule has 0 aliphatic rings. The second-order valence-corrected chi connectivity index (χ2v) is 3.93. The maximum Gasteiger partial charge on any atom is 0.122 e. The largest absolute Gasteiger partial charge is 0.508 e. The summed E-state index contributed by atoms with van der Waals surface area (Å²) in [6, 6.07) is 5.68. The fourth-order valence-electron chi connectivity index (χ4n) is 1.85. The lowest BCUT2D eigenvalue weighted by atomic mass is 10.0. The van der Waals surface area contributed by atoms with Crippen molar-refractivity contribution in [3.05, 3.63) is 23.8 Å². The molecule has 0 fully saturated rings. The third-order valence-corrected chi connectivity index (χ3v) is 2.98.